The molecule has 1 saturated heterocycles. The summed E-state index contributed by atoms with van der Waals surface area (Å²) in [6, 6.07) is 5.55. The molecule has 1 aromatic carbocycles. The van der Waals surface area contributed by atoms with Crippen LogP contribution in [-0.2, 0) is 14.8 Å². The quantitative estimate of drug-likeness (QED) is 0.846. The molecule has 0 aliphatic carbocycles. The molecule has 0 aromatic heterocycles. The van der Waals surface area contributed by atoms with Gasteiger partial charge in [-0.2, -0.15) is 0 Å². The summed E-state index contributed by atoms with van der Waals surface area (Å²) < 4.78 is 32.7. The van der Waals surface area contributed by atoms with Gasteiger partial charge in [0.2, 0.25) is 10.0 Å². The number of hydrogen-bond donors (Lipinski definition) is 2. The minimum absolute atomic E-state index is 0.0788. The van der Waals surface area contributed by atoms with E-state index in [1.807, 2.05) is 0 Å². The van der Waals surface area contributed by atoms with Crippen molar-refractivity contribution in [2.75, 3.05) is 13.7 Å². The minimum atomic E-state index is -3.61. The van der Waals surface area contributed by atoms with Crippen molar-refractivity contribution in [2.24, 2.45) is 0 Å². The second-order valence-corrected chi connectivity index (χ2v) is 6.78. The van der Waals surface area contributed by atoms with Crippen molar-refractivity contribution in [3.05, 3.63) is 29.8 Å². The number of carbonyl (C=O) groups is 1. The van der Waals surface area contributed by atoms with Crippen molar-refractivity contribution >= 4 is 15.9 Å². The Morgan fingerprint density at radius 3 is 2.52 bits per heavy atom. The third-order valence-electron chi connectivity index (χ3n) is 3.52. The third-order valence-corrected chi connectivity index (χ3v) is 5.09. The molecule has 1 heterocycles. The maximum absolute atomic E-state index is 12.3. The van der Waals surface area contributed by atoms with Gasteiger partial charge in [-0.3, -0.25) is 4.79 Å². The number of carbonyl (C=O) groups excluding carboxylic acids is 1. The Balaban J connectivity index is 2.09. The summed E-state index contributed by atoms with van der Waals surface area (Å²) in [5.74, 6) is -0.250. The fourth-order valence-corrected chi connectivity index (χ4v) is 3.59. The predicted molar refractivity (Wildman–Crippen MR) is 78.6 cm³/mol. The summed E-state index contributed by atoms with van der Waals surface area (Å²) in [5.41, 5.74) is 0.420. The predicted octanol–water partition coefficient (Wildman–Crippen LogP) is 0.892. The van der Waals surface area contributed by atoms with Gasteiger partial charge in [0.05, 0.1) is 11.0 Å². The molecule has 2 rings (SSSR count). The standard InChI is InChI=1S/C14H20N2O4S/c1-10(13-4-3-9-20-13)16-21(18,19)12-7-5-11(6-8-12)14(17)15-2/h5-8,10,13,16H,3-4,9H2,1-2H3,(H,15,17)/t10-,13-/m1/s1. The molecule has 0 radical (unpaired) electrons. The van der Waals surface area contributed by atoms with Crippen molar-refractivity contribution in [1.82, 2.24) is 10.0 Å². The highest BCUT2D eigenvalue weighted by Crippen LogP contribution is 2.18. The number of rotatable bonds is 5. The van der Waals surface area contributed by atoms with Gasteiger partial charge in [-0.1, -0.05) is 0 Å². The lowest BCUT2D eigenvalue weighted by Crippen LogP contribution is -2.40. The van der Waals surface area contributed by atoms with Gasteiger partial charge < -0.3 is 10.1 Å². The third kappa shape index (κ3) is 3.81. The second-order valence-electron chi connectivity index (χ2n) is 5.06. The largest absolute Gasteiger partial charge is 0.377 e. The van der Waals surface area contributed by atoms with E-state index in [0.29, 0.717) is 12.2 Å². The zero-order valence-electron chi connectivity index (χ0n) is 12.1. The van der Waals surface area contributed by atoms with Crippen LogP contribution in [0.3, 0.4) is 0 Å². The molecule has 0 saturated carbocycles. The first-order valence-corrected chi connectivity index (χ1v) is 8.38. The van der Waals surface area contributed by atoms with Crippen LogP contribution in [0.2, 0.25) is 0 Å². The summed E-state index contributed by atoms with van der Waals surface area (Å²) in [6.07, 6.45) is 1.74. The average molecular weight is 312 g/mol. The van der Waals surface area contributed by atoms with Crippen LogP contribution < -0.4 is 10.0 Å². The van der Waals surface area contributed by atoms with Crippen LogP contribution in [0.15, 0.2) is 29.2 Å². The SMILES string of the molecule is CNC(=O)c1ccc(S(=O)(=O)N[C@H](C)[C@H]2CCCO2)cc1. The molecule has 1 aliphatic rings. The van der Waals surface area contributed by atoms with Gasteiger partial charge in [-0.15, -0.1) is 0 Å². The van der Waals surface area contributed by atoms with Crippen molar-refractivity contribution in [2.45, 2.75) is 36.8 Å². The maximum Gasteiger partial charge on any atom is 0.251 e. The number of nitrogens with one attached hydrogen (secondary N) is 2. The molecule has 2 N–H and O–H groups in total. The fraction of sp³-hybridized carbons (Fsp3) is 0.500. The number of sulfonamides is 1. The highest BCUT2D eigenvalue weighted by molar-refractivity contribution is 7.89. The maximum atomic E-state index is 12.3. The lowest BCUT2D eigenvalue weighted by atomic mass is 10.1. The molecular weight excluding hydrogens is 292 g/mol. The van der Waals surface area contributed by atoms with E-state index in [4.69, 9.17) is 4.74 Å². The molecule has 1 aliphatic heterocycles. The van der Waals surface area contributed by atoms with Gasteiger partial charge in [0.15, 0.2) is 0 Å². The van der Waals surface area contributed by atoms with Gasteiger partial charge in [-0.25, -0.2) is 13.1 Å². The Hall–Kier alpha value is -1.44. The van der Waals surface area contributed by atoms with Crippen LogP contribution in [0, 0.1) is 0 Å². The van der Waals surface area contributed by atoms with Crippen LogP contribution in [0.5, 0.6) is 0 Å². The highest BCUT2D eigenvalue weighted by atomic mass is 32.2. The number of amides is 1. The summed E-state index contributed by atoms with van der Waals surface area (Å²) in [5, 5.41) is 2.49. The van der Waals surface area contributed by atoms with Crippen LogP contribution in [0.4, 0.5) is 0 Å². The van der Waals surface area contributed by atoms with Crippen LogP contribution >= 0.6 is 0 Å². The van der Waals surface area contributed by atoms with Gasteiger partial charge in [0.1, 0.15) is 0 Å². The molecular formula is C14H20N2O4S. The fourth-order valence-electron chi connectivity index (χ4n) is 2.32. The van der Waals surface area contributed by atoms with E-state index < -0.39 is 10.0 Å². The summed E-state index contributed by atoms with van der Waals surface area (Å²) in [6.45, 7) is 2.48. The molecule has 1 amide bonds. The molecule has 0 bridgehead atoms. The molecule has 2 atom stereocenters. The lowest BCUT2D eigenvalue weighted by molar-refractivity contribution is 0.0902. The van der Waals surface area contributed by atoms with Crippen LogP contribution in [0.1, 0.15) is 30.1 Å². The molecule has 0 unspecified atom stereocenters. The van der Waals surface area contributed by atoms with Crippen molar-refractivity contribution in [3.8, 4) is 0 Å². The van der Waals surface area contributed by atoms with Gasteiger partial charge in [0, 0.05) is 25.3 Å². The van der Waals surface area contributed by atoms with E-state index in [1.165, 1.54) is 31.3 Å². The second kappa shape index (κ2) is 6.55. The molecule has 6 nitrogen and oxygen atoms in total. The van der Waals surface area contributed by atoms with Crippen molar-refractivity contribution in [1.29, 1.82) is 0 Å². The van der Waals surface area contributed by atoms with E-state index in [1.54, 1.807) is 6.92 Å². The summed E-state index contributed by atoms with van der Waals surface area (Å²) in [4.78, 5) is 11.6. The molecule has 0 spiro atoms. The molecule has 1 fully saturated rings. The Bertz CT molecular complexity index is 592. The Morgan fingerprint density at radius 2 is 2.00 bits per heavy atom. The van der Waals surface area contributed by atoms with Gasteiger partial charge >= 0.3 is 0 Å². The first kappa shape index (κ1) is 15.9. The first-order valence-electron chi connectivity index (χ1n) is 6.90. The van der Waals surface area contributed by atoms with E-state index in [-0.39, 0.29) is 22.9 Å². The zero-order valence-corrected chi connectivity index (χ0v) is 12.9. The summed E-state index contributed by atoms with van der Waals surface area (Å²) >= 11 is 0. The zero-order chi connectivity index (χ0) is 15.5. The number of benzene rings is 1. The smallest absolute Gasteiger partial charge is 0.251 e. The molecule has 7 heteroatoms. The lowest BCUT2D eigenvalue weighted by Gasteiger charge is -2.20. The Kier molecular flexibility index (Phi) is 4.97. The Labute approximate surface area is 124 Å². The van der Waals surface area contributed by atoms with Crippen LogP contribution in [0.25, 0.3) is 0 Å². The van der Waals surface area contributed by atoms with E-state index >= 15 is 0 Å². The van der Waals surface area contributed by atoms with E-state index in [0.717, 1.165) is 12.8 Å². The first-order chi connectivity index (χ1) is 9.94. The number of ether oxygens (including phenoxy) is 1. The minimum Gasteiger partial charge on any atom is -0.377 e. The topological polar surface area (TPSA) is 84.5 Å². The van der Waals surface area contributed by atoms with Crippen LogP contribution in [-0.4, -0.2) is 40.1 Å². The van der Waals surface area contributed by atoms with Crippen molar-refractivity contribution in [3.63, 3.8) is 0 Å². The molecule has 21 heavy (non-hydrogen) atoms. The normalized spacial score (nSPS) is 20.2. The monoisotopic (exact) mass is 312 g/mol. The van der Waals surface area contributed by atoms with E-state index in [2.05, 4.69) is 10.0 Å². The number of hydrogen-bond acceptors (Lipinski definition) is 4. The molecule has 116 valence electrons. The van der Waals surface area contributed by atoms with E-state index in [9.17, 15) is 13.2 Å². The van der Waals surface area contributed by atoms with Gasteiger partial charge in [0.25, 0.3) is 5.91 Å². The van der Waals surface area contributed by atoms with Gasteiger partial charge in [-0.05, 0) is 44.0 Å². The average Bonchev–Trinajstić information content (AvgIpc) is 3.00. The molecule has 1 aromatic rings. The highest BCUT2D eigenvalue weighted by Gasteiger charge is 2.26. The Morgan fingerprint density at radius 1 is 1.33 bits per heavy atom. The summed E-state index contributed by atoms with van der Waals surface area (Å²) in [7, 11) is -2.08. The van der Waals surface area contributed by atoms with Crippen molar-refractivity contribution < 1.29 is 17.9 Å².